The Balaban J connectivity index is 1.92. The Bertz CT molecular complexity index is 516. The molecule has 3 N–H and O–H groups in total. The molecule has 0 unspecified atom stereocenters. The van der Waals surface area contributed by atoms with Crippen molar-refractivity contribution < 1.29 is 18.4 Å². The van der Waals surface area contributed by atoms with E-state index in [-0.39, 0.29) is 12.4 Å². The fourth-order valence-corrected chi connectivity index (χ4v) is 1.56. The summed E-state index contributed by atoms with van der Waals surface area (Å²) in [5, 5.41) is 0. The van der Waals surface area contributed by atoms with Gasteiger partial charge < -0.3 is 13.6 Å². The van der Waals surface area contributed by atoms with E-state index in [9.17, 15) is 4.79 Å². The molecule has 0 aliphatic carbocycles. The summed E-state index contributed by atoms with van der Waals surface area (Å²) in [6, 6.07) is 5.35. The van der Waals surface area contributed by atoms with Gasteiger partial charge in [-0.2, -0.15) is 0 Å². The Morgan fingerprint density at radius 2 is 2.22 bits per heavy atom. The maximum atomic E-state index is 11.3. The van der Waals surface area contributed by atoms with Crippen LogP contribution in [0.15, 0.2) is 33.3 Å². The second-order valence-electron chi connectivity index (χ2n) is 3.77. The maximum Gasteiger partial charge on any atom is 0.301 e. The van der Waals surface area contributed by atoms with Gasteiger partial charge in [0.05, 0.1) is 6.26 Å². The molecule has 0 spiro atoms. The van der Waals surface area contributed by atoms with Gasteiger partial charge in [-0.25, -0.2) is 5.84 Å². The fourth-order valence-electron chi connectivity index (χ4n) is 1.56. The summed E-state index contributed by atoms with van der Waals surface area (Å²) < 4.78 is 15.9. The summed E-state index contributed by atoms with van der Waals surface area (Å²) in [7, 11) is 0. The predicted molar refractivity (Wildman–Crippen MR) is 62.3 cm³/mol. The number of rotatable bonds is 5. The minimum absolute atomic E-state index is 0.203. The summed E-state index contributed by atoms with van der Waals surface area (Å²) in [5.74, 6) is 6.09. The number of carbonyl (C=O) groups excluding carboxylic acids is 1. The number of hydrogen-bond donors (Lipinski definition) is 2. The third-order valence-electron chi connectivity index (χ3n) is 2.37. The zero-order valence-corrected chi connectivity index (χ0v) is 9.93. The third kappa shape index (κ3) is 2.79. The molecule has 0 saturated heterocycles. The Morgan fingerprint density at radius 3 is 2.89 bits per heavy atom. The van der Waals surface area contributed by atoms with Gasteiger partial charge in [-0.1, -0.05) is 0 Å². The quantitative estimate of drug-likeness (QED) is 0.476. The molecule has 96 valence electrons. The van der Waals surface area contributed by atoms with Gasteiger partial charge in [0.1, 0.15) is 24.7 Å². The molecule has 0 radical (unpaired) electrons. The van der Waals surface area contributed by atoms with Crippen molar-refractivity contribution in [1.29, 1.82) is 0 Å². The van der Waals surface area contributed by atoms with Crippen LogP contribution in [-0.4, -0.2) is 5.91 Å². The van der Waals surface area contributed by atoms with Crippen molar-refractivity contribution in [3.8, 4) is 0 Å². The molecule has 0 aliphatic heterocycles. The number of hydrogen-bond acceptors (Lipinski definition) is 5. The van der Waals surface area contributed by atoms with Gasteiger partial charge in [-0.15, -0.1) is 0 Å². The molecule has 18 heavy (non-hydrogen) atoms. The van der Waals surface area contributed by atoms with Crippen molar-refractivity contribution >= 4 is 5.91 Å². The minimum Gasteiger partial charge on any atom is -0.467 e. The highest BCUT2D eigenvalue weighted by Crippen LogP contribution is 2.16. The van der Waals surface area contributed by atoms with E-state index in [4.69, 9.17) is 19.4 Å². The standard InChI is InChI=1S/C12H14N2O4/c1-8-5-10(18-11(8)12(15)14-13)7-16-6-9-3-2-4-17-9/h2-5H,6-7,13H2,1H3,(H,14,15). The molecule has 6 nitrogen and oxygen atoms in total. The van der Waals surface area contributed by atoms with Crippen LogP contribution in [0.4, 0.5) is 0 Å². The van der Waals surface area contributed by atoms with Gasteiger partial charge in [0, 0.05) is 5.56 Å². The van der Waals surface area contributed by atoms with Crippen LogP contribution in [0.2, 0.25) is 0 Å². The van der Waals surface area contributed by atoms with Crippen LogP contribution in [-0.2, 0) is 18.0 Å². The van der Waals surface area contributed by atoms with Crippen LogP contribution in [0.25, 0.3) is 0 Å². The molecule has 0 saturated carbocycles. The average Bonchev–Trinajstić information content (AvgIpc) is 2.98. The zero-order valence-electron chi connectivity index (χ0n) is 9.93. The lowest BCUT2D eigenvalue weighted by atomic mass is 10.2. The van der Waals surface area contributed by atoms with Crippen LogP contribution >= 0.6 is 0 Å². The van der Waals surface area contributed by atoms with Gasteiger partial charge in [0.15, 0.2) is 5.76 Å². The number of ether oxygens (including phenoxy) is 1. The number of amides is 1. The van der Waals surface area contributed by atoms with Crippen molar-refractivity contribution in [3.63, 3.8) is 0 Å². The monoisotopic (exact) mass is 250 g/mol. The van der Waals surface area contributed by atoms with Crippen LogP contribution < -0.4 is 11.3 Å². The van der Waals surface area contributed by atoms with E-state index in [1.165, 1.54) is 0 Å². The molecule has 2 aromatic heterocycles. The molecular formula is C12H14N2O4. The van der Waals surface area contributed by atoms with Crippen LogP contribution in [0.5, 0.6) is 0 Å². The lowest BCUT2D eigenvalue weighted by Gasteiger charge is -1.99. The maximum absolute atomic E-state index is 11.3. The van der Waals surface area contributed by atoms with Crippen LogP contribution in [0.1, 0.15) is 27.6 Å². The lowest BCUT2D eigenvalue weighted by molar-refractivity contribution is 0.0772. The first-order valence-electron chi connectivity index (χ1n) is 5.41. The summed E-state index contributed by atoms with van der Waals surface area (Å²) in [5.41, 5.74) is 2.74. The molecule has 2 aromatic rings. The van der Waals surface area contributed by atoms with Gasteiger partial charge >= 0.3 is 5.91 Å². The summed E-state index contributed by atoms with van der Waals surface area (Å²) in [6.45, 7) is 2.38. The minimum atomic E-state index is -0.454. The molecule has 0 aromatic carbocycles. The van der Waals surface area contributed by atoms with Gasteiger partial charge in [-0.3, -0.25) is 10.2 Å². The number of nitrogen functional groups attached to an aromatic ring is 1. The Kier molecular flexibility index (Phi) is 3.81. The van der Waals surface area contributed by atoms with Crippen LogP contribution in [0, 0.1) is 6.92 Å². The fraction of sp³-hybridized carbons (Fsp3) is 0.250. The first-order chi connectivity index (χ1) is 8.70. The van der Waals surface area contributed by atoms with Crippen molar-refractivity contribution in [3.05, 3.63) is 47.3 Å². The van der Waals surface area contributed by atoms with Gasteiger partial charge in [-0.05, 0) is 25.1 Å². The first-order valence-corrected chi connectivity index (χ1v) is 5.41. The Hall–Kier alpha value is -2.05. The Labute approximate surface area is 104 Å². The van der Waals surface area contributed by atoms with E-state index in [0.29, 0.717) is 12.4 Å². The number of carbonyl (C=O) groups is 1. The second kappa shape index (κ2) is 5.52. The Morgan fingerprint density at radius 1 is 1.44 bits per heavy atom. The van der Waals surface area contributed by atoms with Crippen molar-refractivity contribution in [2.75, 3.05) is 0 Å². The van der Waals surface area contributed by atoms with E-state index >= 15 is 0 Å². The zero-order chi connectivity index (χ0) is 13.0. The highest BCUT2D eigenvalue weighted by molar-refractivity contribution is 5.92. The van der Waals surface area contributed by atoms with Gasteiger partial charge in [0.25, 0.3) is 0 Å². The lowest BCUT2D eigenvalue weighted by Crippen LogP contribution is -2.30. The third-order valence-corrected chi connectivity index (χ3v) is 2.37. The van der Waals surface area contributed by atoms with E-state index in [2.05, 4.69) is 0 Å². The normalized spacial score (nSPS) is 10.6. The van der Waals surface area contributed by atoms with Crippen LogP contribution in [0.3, 0.4) is 0 Å². The topological polar surface area (TPSA) is 90.6 Å². The number of nitrogens with one attached hydrogen (secondary N) is 1. The van der Waals surface area contributed by atoms with Crippen molar-refractivity contribution in [2.45, 2.75) is 20.1 Å². The molecule has 0 fully saturated rings. The molecular weight excluding hydrogens is 236 g/mol. The smallest absolute Gasteiger partial charge is 0.301 e. The predicted octanol–water partition coefficient (Wildman–Crippen LogP) is 1.50. The van der Waals surface area contributed by atoms with Crippen molar-refractivity contribution in [2.24, 2.45) is 5.84 Å². The SMILES string of the molecule is Cc1cc(COCc2ccco2)oc1C(=O)NN. The molecule has 0 atom stereocenters. The largest absolute Gasteiger partial charge is 0.467 e. The highest BCUT2D eigenvalue weighted by Gasteiger charge is 2.14. The molecule has 2 heterocycles. The second-order valence-corrected chi connectivity index (χ2v) is 3.77. The van der Waals surface area contributed by atoms with Crippen molar-refractivity contribution in [1.82, 2.24) is 5.43 Å². The molecule has 2 rings (SSSR count). The van der Waals surface area contributed by atoms with E-state index in [0.717, 1.165) is 11.3 Å². The number of aryl methyl sites for hydroxylation is 1. The first kappa shape index (κ1) is 12.4. The summed E-state index contributed by atoms with van der Waals surface area (Å²) >= 11 is 0. The number of hydrazine groups is 1. The molecule has 6 heteroatoms. The van der Waals surface area contributed by atoms with E-state index in [1.807, 2.05) is 11.5 Å². The van der Waals surface area contributed by atoms with Gasteiger partial charge in [0.2, 0.25) is 0 Å². The molecule has 0 aliphatic rings. The van der Waals surface area contributed by atoms with E-state index in [1.54, 1.807) is 25.3 Å². The average molecular weight is 250 g/mol. The number of nitrogens with two attached hydrogens (primary N) is 1. The highest BCUT2D eigenvalue weighted by atomic mass is 16.5. The number of furan rings is 2. The van der Waals surface area contributed by atoms with E-state index < -0.39 is 5.91 Å². The summed E-state index contributed by atoms with van der Waals surface area (Å²) in [6.07, 6.45) is 1.58. The molecule has 1 amide bonds. The summed E-state index contributed by atoms with van der Waals surface area (Å²) in [4.78, 5) is 11.3. The molecule has 0 bridgehead atoms.